The van der Waals surface area contributed by atoms with Crippen LogP contribution in [-0.4, -0.2) is 9.97 Å². The molecule has 0 unspecified atom stereocenters. The van der Waals surface area contributed by atoms with Gasteiger partial charge in [0.05, 0.1) is 10.6 Å². The Kier molecular flexibility index (Phi) is 6.02. The maximum Gasteiger partial charge on any atom is 0.258 e. The molecule has 1 aromatic rings. The Balaban J connectivity index is 0.000000921. The van der Waals surface area contributed by atoms with Crippen LogP contribution in [-0.2, 0) is 6.42 Å². The molecular formula is C12H18N2O. The van der Waals surface area contributed by atoms with Crippen molar-refractivity contribution in [2.75, 3.05) is 0 Å². The number of nitrogens with zero attached hydrogens (tertiary/aromatic N) is 1. The summed E-state index contributed by atoms with van der Waals surface area (Å²) in [6.07, 6.45) is 3.85. The van der Waals surface area contributed by atoms with Crippen molar-refractivity contribution in [2.45, 2.75) is 27.2 Å². The number of aromatic amines is 1. The van der Waals surface area contributed by atoms with Crippen molar-refractivity contribution >= 4 is 12.7 Å². The number of hydrogen-bond donors (Lipinski definition) is 1. The Labute approximate surface area is 89.9 Å². The molecule has 0 amide bonds. The number of rotatable bonds is 2. The number of aryl methyl sites for hydroxylation is 1. The summed E-state index contributed by atoms with van der Waals surface area (Å²) in [6.45, 7) is 13.1. The molecule has 0 aromatic carbocycles. The predicted octanol–water partition coefficient (Wildman–Crippen LogP) is 0.735. The quantitative estimate of drug-likeness (QED) is 0.775. The zero-order valence-electron chi connectivity index (χ0n) is 9.63. The second-order valence-corrected chi connectivity index (χ2v) is 2.63. The normalized spacial score (nSPS) is 10.5. The van der Waals surface area contributed by atoms with Gasteiger partial charge in [0.2, 0.25) is 0 Å². The third-order valence-corrected chi connectivity index (χ3v) is 1.70. The van der Waals surface area contributed by atoms with Gasteiger partial charge in [-0.05, 0) is 6.08 Å². The average molecular weight is 206 g/mol. The van der Waals surface area contributed by atoms with Crippen molar-refractivity contribution in [3.8, 4) is 0 Å². The van der Waals surface area contributed by atoms with E-state index >= 15 is 0 Å². The maximum absolute atomic E-state index is 11.4. The van der Waals surface area contributed by atoms with E-state index in [9.17, 15) is 4.79 Å². The molecular weight excluding hydrogens is 188 g/mol. The number of H-pyrrole nitrogens is 1. The lowest BCUT2D eigenvalue weighted by atomic mass is 10.3. The molecule has 0 saturated heterocycles. The molecule has 0 aliphatic rings. The highest BCUT2D eigenvalue weighted by Gasteiger charge is 1.94. The van der Waals surface area contributed by atoms with Crippen molar-refractivity contribution in [3.63, 3.8) is 0 Å². The average Bonchev–Trinajstić information content (AvgIpc) is 2.26. The van der Waals surface area contributed by atoms with Gasteiger partial charge >= 0.3 is 0 Å². The topological polar surface area (TPSA) is 45.8 Å². The summed E-state index contributed by atoms with van der Waals surface area (Å²) in [4.78, 5) is 18.2. The first-order chi connectivity index (χ1) is 7.19. The number of hydrogen-bond acceptors (Lipinski definition) is 2. The summed E-state index contributed by atoms with van der Waals surface area (Å²) >= 11 is 0. The molecule has 15 heavy (non-hydrogen) atoms. The summed E-state index contributed by atoms with van der Waals surface area (Å²) in [7, 11) is 0. The molecule has 1 N–H and O–H groups in total. The maximum atomic E-state index is 11.4. The fourth-order valence-corrected chi connectivity index (χ4v) is 1.04. The minimum atomic E-state index is -0.156. The van der Waals surface area contributed by atoms with E-state index in [4.69, 9.17) is 0 Å². The summed E-state index contributed by atoms with van der Waals surface area (Å²) in [5, 5.41) is 0.979. The van der Waals surface area contributed by atoms with Crippen LogP contribution in [0.5, 0.6) is 0 Å². The third-order valence-electron chi connectivity index (χ3n) is 1.70. The summed E-state index contributed by atoms with van der Waals surface area (Å²) < 4.78 is 0. The van der Waals surface area contributed by atoms with Gasteiger partial charge in [-0.1, -0.05) is 40.0 Å². The van der Waals surface area contributed by atoms with Crippen LogP contribution in [0.2, 0.25) is 0 Å². The van der Waals surface area contributed by atoms with Gasteiger partial charge in [0.15, 0.2) is 0 Å². The van der Waals surface area contributed by atoms with Crippen LogP contribution in [0.1, 0.15) is 26.6 Å². The van der Waals surface area contributed by atoms with Crippen molar-refractivity contribution in [2.24, 2.45) is 0 Å². The standard InChI is InChI=1S/C10H12N2O.C2H6/c1-4-6-8-7(3)11-9(5-2)12-10(8)13;1-2/h4,6H,1,3,5H2,2H3,(H,11,12,13);1-2H3/b8-6+;. The van der Waals surface area contributed by atoms with E-state index in [1.165, 1.54) is 0 Å². The highest BCUT2D eigenvalue weighted by molar-refractivity contribution is 5.34. The molecule has 0 bridgehead atoms. The van der Waals surface area contributed by atoms with Crippen LogP contribution in [0.25, 0.3) is 12.7 Å². The molecule has 1 rings (SSSR count). The van der Waals surface area contributed by atoms with Crippen LogP contribution in [0.4, 0.5) is 0 Å². The van der Waals surface area contributed by atoms with Gasteiger partial charge in [0, 0.05) is 6.42 Å². The summed E-state index contributed by atoms with van der Waals surface area (Å²) in [6, 6.07) is 0. The Morgan fingerprint density at radius 2 is 2.07 bits per heavy atom. The van der Waals surface area contributed by atoms with E-state index in [0.29, 0.717) is 22.8 Å². The van der Waals surface area contributed by atoms with E-state index in [0.717, 1.165) is 0 Å². The Morgan fingerprint density at radius 3 is 2.47 bits per heavy atom. The lowest BCUT2D eigenvalue weighted by molar-refractivity contribution is 0.894. The molecule has 0 atom stereocenters. The van der Waals surface area contributed by atoms with E-state index < -0.39 is 0 Å². The largest absolute Gasteiger partial charge is 0.310 e. The molecule has 1 aromatic heterocycles. The predicted molar refractivity (Wildman–Crippen MR) is 65.0 cm³/mol. The van der Waals surface area contributed by atoms with E-state index in [2.05, 4.69) is 23.1 Å². The molecule has 0 saturated carbocycles. The zero-order valence-corrected chi connectivity index (χ0v) is 9.63. The first kappa shape index (κ1) is 13.4. The first-order valence-electron chi connectivity index (χ1n) is 5.10. The number of aromatic nitrogens is 2. The molecule has 0 radical (unpaired) electrons. The lowest BCUT2D eigenvalue weighted by Crippen LogP contribution is -2.43. The van der Waals surface area contributed by atoms with Crippen LogP contribution in [0.15, 0.2) is 17.4 Å². The van der Waals surface area contributed by atoms with Gasteiger partial charge in [-0.15, -0.1) is 0 Å². The van der Waals surface area contributed by atoms with E-state index in [-0.39, 0.29) is 5.56 Å². The molecule has 0 fully saturated rings. The van der Waals surface area contributed by atoms with Crippen molar-refractivity contribution in [1.29, 1.82) is 0 Å². The van der Waals surface area contributed by atoms with Crippen molar-refractivity contribution < 1.29 is 0 Å². The smallest absolute Gasteiger partial charge is 0.258 e. The molecule has 82 valence electrons. The minimum Gasteiger partial charge on any atom is -0.310 e. The number of allylic oxidation sites excluding steroid dienone is 1. The SMILES string of the molecule is C=C/C=c1\c(=C)nc(CC)[nH]c1=O.CC. The third kappa shape index (κ3) is 3.54. The van der Waals surface area contributed by atoms with Crippen LogP contribution in [0, 0.1) is 0 Å². The minimum absolute atomic E-state index is 0.156. The Morgan fingerprint density at radius 1 is 1.47 bits per heavy atom. The van der Waals surface area contributed by atoms with Gasteiger partial charge in [0.25, 0.3) is 5.56 Å². The van der Waals surface area contributed by atoms with Crippen LogP contribution < -0.4 is 16.1 Å². The fourth-order valence-electron chi connectivity index (χ4n) is 1.04. The highest BCUT2D eigenvalue weighted by atomic mass is 16.1. The van der Waals surface area contributed by atoms with Gasteiger partial charge in [-0.25, -0.2) is 4.98 Å². The van der Waals surface area contributed by atoms with Crippen LogP contribution >= 0.6 is 0 Å². The molecule has 3 heteroatoms. The monoisotopic (exact) mass is 206 g/mol. The van der Waals surface area contributed by atoms with E-state index in [1.807, 2.05) is 20.8 Å². The van der Waals surface area contributed by atoms with Crippen molar-refractivity contribution in [3.05, 3.63) is 39.4 Å². The van der Waals surface area contributed by atoms with Crippen molar-refractivity contribution in [1.82, 2.24) is 9.97 Å². The van der Waals surface area contributed by atoms with Gasteiger partial charge in [-0.3, -0.25) is 4.79 Å². The molecule has 0 aliphatic carbocycles. The van der Waals surface area contributed by atoms with Crippen LogP contribution in [0.3, 0.4) is 0 Å². The number of nitrogens with one attached hydrogen (secondary N) is 1. The van der Waals surface area contributed by atoms with Gasteiger partial charge in [-0.2, -0.15) is 0 Å². The Hall–Kier alpha value is -1.64. The first-order valence-corrected chi connectivity index (χ1v) is 5.10. The second-order valence-electron chi connectivity index (χ2n) is 2.63. The highest BCUT2D eigenvalue weighted by Crippen LogP contribution is 1.77. The molecule has 0 aliphatic heterocycles. The lowest BCUT2D eigenvalue weighted by Gasteiger charge is -1.94. The molecule has 0 spiro atoms. The van der Waals surface area contributed by atoms with E-state index in [1.54, 1.807) is 12.2 Å². The molecule has 3 nitrogen and oxygen atoms in total. The fraction of sp³-hybridized carbons (Fsp3) is 0.333. The summed E-state index contributed by atoms with van der Waals surface area (Å²) in [5.41, 5.74) is -0.156. The van der Waals surface area contributed by atoms with Gasteiger partial charge in [0.1, 0.15) is 5.82 Å². The Bertz CT molecular complexity index is 437. The molecule has 1 heterocycles. The van der Waals surface area contributed by atoms with Gasteiger partial charge < -0.3 is 4.98 Å². The summed E-state index contributed by atoms with van der Waals surface area (Å²) in [5.74, 6) is 0.663. The second kappa shape index (κ2) is 6.76. The zero-order chi connectivity index (χ0) is 11.8.